The van der Waals surface area contributed by atoms with Crippen LogP contribution in [0.4, 0.5) is 0 Å². The Bertz CT molecular complexity index is 233. The fourth-order valence-electron chi connectivity index (χ4n) is 1.03. The van der Waals surface area contributed by atoms with Crippen molar-refractivity contribution in [1.29, 1.82) is 0 Å². The third-order valence-electron chi connectivity index (χ3n) is 1.64. The summed E-state index contributed by atoms with van der Waals surface area (Å²) >= 11 is 3.52. The first-order valence-electron chi connectivity index (χ1n) is 3.73. The average Bonchev–Trinajstić information content (AvgIpc) is 1.93. The Kier molecular flexibility index (Phi) is 3.06. The van der Waals surface area contributed by atoms with Crippen molar-refractivity contribution < 1.29 is 0 Å². The number of pyridine rings is 1. The molecule has 0 fully saturated rings. The largest absolute Gasteiger partial charge is 0.264 e. The van der Waals surface area contributed by atoms with Crippen molar-refractivity contribution in [3.8, 4) is 0 Å². The van der Waals surface area contributed by atoms with Gasteiger partial charge >= 0.3 is 0 Å². The third-order valence-corrected chi connectivity index (χ3v) is 1.96. The highest BCUT2D eigenvalue weighted by atomic mass is 79.9. The average molecular weight is 214 g/mol. The summed E-state index contributed by atoms with van der Waals surface area (Å²) in [6.45, 7) is 4.25. The molecule has 0 spiro atoms. The van der Waals surface area contributed by atoms with Crippen molar-refractivity contribution in [2.24, 2.45) is 0 Å². The van der Waals surface area contributed by atoms with E-state index in [0.717, 1.165) is 6.42 Å². The molecule has 0 N–H and O–H groups in total. The van der Waals surface area contributed by atoms with Crippen LogP contribution in [0.2, 0.25) is 0 Å². The van der Waals surface area contributed by atoms with E-state index in [1.54, 1.807) is 0 Å². The summed E-state index contributed by atoms with van der Waals surface area (Å²) in [6.07, 6.45) is 4.83. The maximum atomic E-state index is 4.04. The number of nitrogens with zero attached hydrogens (tertiary/aromatic N) is 1. The zero-order valence-electron chi connectivity index (χ0n) is 6.84. The topological polar surface area (TPSA) is 12.9 Å². The molecule has 1 unspecified atom stereocenters. The van der Waals surface area contributed by atoms with E-state index in [9.17, 15) is 0 Å². The molecule has 0 radical (unpaired) electrons. The first kappa shape index (κ1) is 8.72. The number of alkyl halides is 1. The van der Waals surface area contributed by atoms with Crippen LogP contribution in [0.15, 0.2) is 18.5 Å². The predicted octanol–water partition coefficient (Wildman–Crippen LogP) is 2.72. The molecule has 0 aromatic carbocycles. The predicted molar refractivity (Wildman–Crippen MR) is 51.1 cm³/mol. The SMILES string of the molecule is Cc1cnccc1CC(C)Br. The normalized spacial score (nSPS) is 13.0. The molecule has 11 heavy (non-hydrogen) atoms. The number of aromatic nitrogens is 1. The minimum atomic E-state index is 0.545. The lowest BCUT2D eigenvalue weighted by atomic mass is 10.1. The molecule has 1 nitrogen and oxygen atoms in total. The van der Waals surface area contributed by atoms with Crippen LogP contribution in [0.1, 0.15) is 18.1 Å². The van der Waals surface area contributed by atoms with E-state index in [1.165, 1.54) is 11.1 Å². The molecule has 1 atom stereocenters. The van der Waals surface area contributed by atoms with Crippen molar-refractivity contribution >= 4 is 15.9 Å². The van der Waals surface area contributed by atoms with Gasteiger partial charge in [0, 0.05) is 17.2 Å². The molecule has 1 aromatic heterocycles. The Morgan fingerprint density at radius 1 is 1.64 bits per heavy atom. The fourth-order valence-corrected chi connectivity index (χ4v) is 1.38. The van der Waals surface area contributed by atoms with E-state index in [1.807, 2.05) is 12.4 Å². The summed E-state index contributed by atoms with van der Waals surface area (Å²) in [5, 5.41) is 0. The molecule has 0 aliphatic carbocycles. The molecule has 0 aliphatic rings. The van der Waals surface area contributed by atoms with Gasteiger partial charge in [0.2, 0.25) is 0 Å². The minimum Gasteiger partial charge on any atom is -0.264 e. The van der Waals surface area contributed by atoms with Crippen LogP contribution in [-0.4, -0.2) is 9.81 Å². The molecule has 0 saturated heterocycles. The molecule has 0 bridgehead atoms. The molecule has 2 heteroatoms. The number of halogens is 1. The van der Waals surface area contributed by atoms with E-state index in [4.69, 9.17) is 0 Å². The van der Waals surface area contributed by atoms with Gasteiger partial charge in [-0.2, -0.15) is 0 Å². The second-order valence-corrected chi connectivity index (χ2v) is 4.35. The van der Waals surface area contributed by atoms with Crippen molar-refractivity contribution in [2.75, 3.05) is 0 Å². The number of hydrogen-bond acceptors (Lipinski definition) is 1. The Balaban J connectivity index is 2.78. The van der Waals surface area contributed by atoms with Gasteiger partial charge in [0.15, 0.2) is 0 Å². The lowest BCUT2D eigenvalue weighted by Crippen LogP contribution is -1.98. The number of aryl methyl sites for hydroxylation is 1. The van der Waals surface area contributed by atoms with Gasteiger partial charge in [0.25, 0.3) is 0 Å². The van der Waals surface area contributed by atoms with E-state index >= 15 is 0 Å². The van der Waals surface area contributed by atoms with Gasteiger partial charge in [0.05, 0.1) is 0 Å². The first-order chi connectivity index (χ1) is 5.20. The van der Waals surface area contributed by atoms with Crippen LogP contribution in [0.3, 0.4) is 0 Å². The van der Waals surface area contributed by atoms with Crippen LogP contribution in [-0.2, 0) is 6.42 Å². The van der Waals surface area contributed by atoms with E-state index < -0.39 is 0 Å². The highest BCUT2D eigenvalue weighted by Gasteiger charge is 2.00. The Labute approximate surface area is 76.0 Å². The molecular formula is C9H12BrN. The summed E-state index contributed by atoms with van der Waals surface area (Å²) in [5.74, 6) is 0. The first-order valence-corrected chi connectivity index (χ1v) is 4.65. The molecule has 60 valence electrons. The van der Waals surface area contributed by atoms with Crippen LogP contribution >= 0.6 is 15.9 Å². The van der Waals surface area contributed by atoms with E-state index in [-0.39, 0.29) is 0 Å². The van der Waals surface area contributed by atoms with Crippen molar-refractivity contribution in [2.45, 2.75) is 25.1 Å². The van der Waals surface area contributed by atoms with Crippen LogP contribution in [0.5, 0.6) is 0 Å². The second-order valence-electron chi connectivity index (χ2n) is 2.79. The highest BCUT2D eigenvalue weighted by molar-refractivity contribution is 9.09. The summed E-state index contributed by atoms with van der Waals surface area (Å²) < 4.78 is 0. The summed E-state index contributed by atoms with van der Waals surface area (Å²) in [7, 11) is 0. The quantitative estimate of drug-likeness (QED) is 0.689. The van der Waals surface area contributed by atoms with Crippen molar-refractivity contribution in [3.63, 3.8) is 0 Å². The second kappa shape index (κ2) is 3.86. The van der Waals surface area contributed by atoms with Gasteiger partial charge in [0.1, 0.15) is 0 Å². The van der Waals surface area contributed by atoms with E-state index in [0.29, 0.717) is 4.83 Å². The lowest BCUT2D eigenvalue weighted by molar-refractivity contribution is 0.942. The summed E-state index contributed by atoms with van der Waals surface area (Å²) in [5.41, 5.74) is 2.66. The van der Waals surface area contributed by atoms with Gasteiger partial charge in [-0.05, 0) is 30.5 Å². The van der Waals surface area contributed by atoms with Gasteiger partial charge in [-0.1, -0.05) is 22.9 Å². The molecule has 0 amide bonds. The third kappa shape index (κ3) is 2.62. The van der Waals surface area contributed by atoms with E-state index in [2.05, 4.69) is 40.8 Å². The molecular weight excluding hydrogens is 202 g/mol. The number of rotatable bonds is 2. The Morgan fingerprint density at radius 3 is 2.91 bits per heavy atom. The Hall–Kier alpha value is -0.370. The molecule has 0 saturated carbocycles. The Morgan fingerprint density at radius 2 is 2.36 bits per heavy atom. The fraction of sp³-hybridized carbons (Fsp3) is 0.444. The molecule has 0 aliphatic heterocycles. The standard InChI is InChI=1S/C9H12BrN/c1-7-6-11-4-3-9(7)5-8(2)10/h3-4,6,8H,5H2,1-2H3. The smallest absolute Gasteiger partial charge is 0.0299 e. The molecule has 1 aromatic rings. The van der Waals surface area contributed by atoms with Crippen LogP contribution in [0.25, 0.3) is 0 Å². The maximum Gasteiger partial charge on any atom is 0.0299 e. The molecule has 1 rings (SSSR count). The monoisotopic (exact) mass is 213 g/mol. The minimum absolute atomic E-state index is 0.545. The summed E-state index contributed by atoms with van der Waals surface area (Å²) in [6, 6.07) is 2.08. The van der Waals surface area contributed by atoms with Gasteiger partial charge in [-0.25, -0.2) is 0 Å². The number of hydrogen-bond donors (Lipinski definition) is 0. The van der Waals surface area contributed by atoms with Gasteiger partial charge in [-0.15, -0.1) is 0 Å². The maximum absolute atomic E-state index is 4.04. The zero-order chi connectivity index (χ0) is 8.27. The van der Waals surface area contributed by atoms with Crippen LogP contribution < -0.4 is 0 Å². The van der Waals surface area contributed by atoms with Crippen molar-refractivity contribution in [1.82, 2.24) is 4.98 Å². The zero-order valence-corrected chi connectivity index (χ0v) is 8.43. The van der Waals surface area contributed by atoms with Crippen molar-refractivity contribution in [3.05, 3.63) is 29.6 Å². The van der Waals surface area contributed by atoms with Gasteiger partial charge < -0.3 is 0 Å². The lowest BCUT2D eigenvalue weighted by Gasteiger charge is -2.05. The summed E-state index contributed by atoms with van der Waals surface area (Å²) in [4.78, 5) is 4.58. The highest BCUT2D eigenvalue weighted by Crippen LogP contribution is 2.11. The molecule has 1 heterocycles. The van der Waals surface area contributed by atoms with Gasteiger partial charge in [-0.3, -0.25) is 4.98 Å². The van der Waals surface area contributed by atoms with Crippen LogP contribution in [0, 0.1) is 6.92 Å².